The molecule has 2 rings (SSSR count). The Morgan fingerprint density at radius 2 is 2.17 bits per heavy atom. The first-order valence-electron chi connectivity index (χ1n) is 6.28. The minimum absolute atomic E-state index is 0.211. The van der Waals surface area contributed by atoms with Gasteiger partial charge in [0.1, 0.15) is 0 Å². The summed E-state index contributed by atoms with van der Waals surface area (Å²) in [5.74, 6) is -0.690. The zero-order chi connectivity index (χ0) is 13.0. The van der Waals surface area contributed by atoms with Gasteiger partial charge in [-0.25, -0.2) is 0 Å². The SMILES string of the molecule is CSc1ccc(CN2CCCC2CC(=O)O)cc1. The topological polar surface area (TPSA) is 40.5 Å². The highest BCUT2D eigenvalue weighted by molar-refractivity contribution is 7.98. The van der Waals surface area contributed by atoms with Gasteiger partial charge < -0.3 is 5.11 Å². The highest BCUT2D eigenvalue weighted by Crippen LogP contribution is 2.23. The molecule has 3 nitrogen and oxygen atoms in total. The summed E-state index contributed by atoms with van der Waals surface area (Å²) in [6.07, 6.45) is 4.46. The molecule has 1 unspecified atom stereocenters. The molecule has 0 amide bonds. The number of hydrogen-bond acceptors (Lipinski definition) is 3. The number of rotatable bonds is 5. The average Bonchev–Trinajstić information content (AvgIpc) is 2.77. The number of benzene rings is 1. The van der Waals surface area contributed by atoms with Crippen molar-refractivity contribution in [1.82, 2.24) is 4.90 Å². The predicted molar refractivity (Wildman–Crippen MR) is 73.9 cm³/mol. The van der Waals surface area contributed by atoms with Crippen molar-refractivity contribution in [2.45, 2.75) is 36.7 Å². The van der Waals surface area contributed by atoms with Crippen LogP contribution in [0, 0.1) is 0 Å². The van der Waals surface area contributed by atoms with Crippen LogP contribution in [0.15, 0.2) is 29.2 Å². The molecule has 1 aromatic carbocycles. The van der Waals surface area contributed by atoms with E-state index in [1.165, 1.54) is 10.5 Å². The third-order valence-electron chi connectivity index (χ3n) is 3.45. The van der Waals surface area contributed by atoms with Crippen LogP contribution in [0.2, 0.25) is 0 Å². The monoisotopic (exact) mass is 265 g/mol. The second-order valence-corrected chi connectivity index (χ2v) is 5.59. The summed E-state index contributed by atoms with van der Waals surface area (Å²) in [5, 5.41) is 8.90. The molecule has 1 aliphatic heterocycles. The van der Waals surface area contributed by atoms with E-state index in [0.717, 1.165) is 25.9 Å². The van der Waals surface area contributed by atoms with Gasteiger partial charge in [-0.1, -0.05) is 12.1 Å². The van der Waals surface area contributed by atoms with Crippen LogP contribution in [-0.2, 0) is 11.3 Å². The molecule has 0 saturated carbocycles. The molecule has 0 aliphatic carbocycles. The summed E-state index contributed by atoms with van der Waals surface area (Å²) in [6, 6.07) is 8.75. The first kappa shape index (κ1) is 13.4. The van der Waals surface area contributed by atoms with Crippen LogP contribution >= 0.6 is 11.8 Å². The molecule has 18 heavy (non-hydrogen) atoms. The smallest absolute Gasteiger partial charge is 0.304 e. The lowest BCUT2D eigenvalue weighted by Gasteiger charge is -2.23. The quantitative estimate of drug-likeness (QED) is 0.831. The molecular formula is C14H19NO2S. The van der Waals surface area contributed by atoms with E-state index < -0.39 is 5.97 Å². The second kappa shape index (κ2) is 6.25. The molecule has 1 heterocycles. The summed E-state index contributed by atoms with van der Waals surface area (Å²) in [4.78, 5) is 14.4. The van der Waals surface area contributed by atoms with Gasteiger partial charge in [0.2, 0.25) is 0 Å². The van der Waals surface area contributed by atoms with Crippen LogP contribution in [0.4, 0.5) is 0 Å². The highest BCUT2D eigenvalue weighted by atomic mass is 32.2. The van der Waals surface area contributed by atoms with Crippen molar-refractivity contribution < 1.29 is 9.90 Å². The fraction of sp³-hybridized carbons (Fsp3) is 0.500. The summed E-state index contributed by atoms with van der Waals surface area (Å²) in [5.41, 5.74) is 1.27. The van der Waals surface area contributed by atoms with Gasteiger partial charge in [0.15, 0.2) is 0 Å². The minimum atomic E-state index is -0.690. The van der Waals surface area contributed by atoms with E-state index in [9.17, 15) is 4.79 Å². The molecule has 1 fully saturated rings. The van der Waals surface area contributed by atoms with Crippen LogP contribution < -0.4 is 0 Å². The van der Waals surface area contributed by atoms with Gasteiger partial charge >= 0.3 is 5.97 Å². The molecule has 1 N–H and O–H groups in total. The maximum absolute atomic E-state index is 10.8. The third kappa shape index (κ3) is 3.50. The lowest BCUT2D eigenvalue weighted by Crippen LogP contribution is -2.30. The van der Waals surface area contributed by atoms with E-state index in [1.807, 2.05) is 0 Å². The van der Waals surface area contributed by atoms with Crippen molar-refractivity contribution in [3.05, 3.63) is 29.8 Å². The lowest BCUT2D eigenvalue weighted by molar-refractivity contribution is -0.138. The zero-order valence-corrected chi connectivity index (χ0v) is 11.4. The molecule has 1 aromatic rings. The maximum Gasteiger partial charge on any atom is 0.304 e. The normalized spacial score (nSPS) is 20.2. The van der Waals surface area contributed by atoms with Crippen molar-refractivity contribution in [3.63, 3.8) is 0 Å². The minimum Gasteiger partial charge on any atom is -0.481 e. The number of aliphatic carboxylic acids is 1. The van der Waals surface area contributed by atoms with Crippen molar-refractivity contribution in [1.29, 1.82) is 0 Å². The van der Waals surface area contributed by atoms with E-state index in [-0.39, 0.29) is 12.5 Å². The Labute approximate surface area is 112 Å². The van der Waals surface area contributed by atoms with E-state index in [1.54, 1.807) is 11.8 Å². The van der Waals surface area contributed by atoms with Gasteiger partial charge in [-0.2, -0.15) is 0 Å². The summed E-state index contributed by atoms with van der Waals surface area (Å²) in [7, 11) is 0. The highest BCUT2D eigenvalue weighted by Gasteiger charge is 2.26. The lowest BCUT2D eigenvalue weighted by atomic mass is 10.1. The van der Waals surface area contributed by atoms with Gasteiger partial charge in [-0.3, -0.25) is 9.69 Å². The third-order valence-corrected chi connectivity index (χ3v) is 4.20. The van der Waals surface area contributed by atoms with E-state index in [2.05, 4.69) is 35.4 Å². The van der Waals surface area contributed by atoms with Gasteiger partial charge in [0.25, 0.3) is 0 Å². The van der Waals surface area contributed by atoms with Crippen LogP contribution in [0.5, 0.6) is 0 Å². The van der Waals surface area contributed by atoms with Crippen molar-refractivity contribution in [3.8, 4) is 0 Å². The predicted octanol–water partition coefficient (Wildman–Crippen LogP) is 2.85. The number of likely N-dealkylation sites (tertiary alicyclic amines) is 1. The number of nitrogens with zero attached hydrogens (tertiary/aromatic N) is 1. The largest absolute Gasteiger partial charge is 0.481 e. The Bertz CT molecular complexity index is 405. The number of hydrogen-bond donors (Lipinski definition) is 1. The fourth-order valence-electron chi connectivity index (χ4n) is 2.50. The number of carboxylic acid groups (broad SMARTS) is 1. The Balaban J connectivity index is 1.96. The summed E-state index contributed by atoms with van der Waals surface area (Å²) >= 11 is 1.74. The molecule has 0 spiro atoms. The number of carboxylic acids is 1. The average molecular weight is 265 g/mol. The van der Waals surface area contributed by atoms with Crippen LogP contribution in [0.3, 0.4) is 0 Å². The summed E-state index contributed by atoms with van der Waals surface area (Å²) in [6.45, 7) is 1.88. The van der Waals surface area contributed by atoms with Crippen LogP contribution in [0.1, 0.15) is 24.8 Å². The number of thioether (sulfide) groups is 1. The molecule has 98 valence electrons. The zero-order valence-electron chi connectivity index (χ0n) is 10.6. The Hall–Kier alpha value is -1.00. The van der Waals surface area contributed by atoms with Crippen LogP contribution in [-0.4, -0.2) is 34.8 Å². The molecule has 4 heteroatoms. The molecule has 1 atom stereocenters. The van der Waals surface area contributed by atoms with E-state index in [0.29, 0.717) is 0 Å². The standard InChI is InChI=1S/C14H19NO2S/c1-18-13-6-4-11(5-7-13)10-15-8-2-3-12(15)9-14(16)17/h4-7,12H,2-3,8-10H2,1H3,(H,16,17). The molecule has 1 aliphatic rings. The molecule has 1 saturated heterocycles. The van der Waals surface area contributed by atoms with Crippen molar-refractivity contribution in [2.75, 3.05) is 12.8 Å². The first-order valence-corrected chi connectivity index (χ1v) is 7.50. The molecule has 0 aromatic heterocycles. The van der Waals surface area contributed by atoms with Gasteiger partial charge in [0, 0.05) is 17.5 Å². The van der Waals surface area contributed by atoms with Gasteiger partial charge in [0.05, 0.1) is 6.42 Å². The van der Waals surface area contributed by atoms with Crippen molar-refractivity contribution in [2.24, 2.45) is 0 Å². The van der Waals surface area contributed by atoms with Gasteiger partial charge in [-0.05, 0) is 43.3 Å². The summed E-state index contributed by atoms with van der Waals surface area (Å²) < 4.78 is 0. The van der Waals surface area contributed by atoms with E-state index >= 15 is 0 Å². The molecular weight excluding hydrogens is 246 g/mol. The molecule has 0 bridgehead atoms. The molecule has 0 radical (unpaired) electrons. The number of carbonyl (C=O) groups is 1. The van der Waals surface area contributed by atoms with Gasteiger partial charge in [-0.15, -0.1) is 11.8 Å². The Morgan fingerprint density at radius 1 is 1.44 bits per heavy atom. The van der Waals surface area contributed by atoms with Crippen molar-refractivity contribution >= 4 is 17.7 Å². The second-order valence-electron chi connectivity index (χ2n) is 4.71. The fourth-order valence-corrected chi connectivity index (χ4v) is 2.91. The van der Waals surface area contributed by atoms with E-state index in [4.69, 9.17) is 5.11 Å². The maximum atomic E-state index is 10.8. The van der Waals surface area contributed by atoms with Crippen LogP contribution in [0.25, 0.3) is 0 Å². The Kier molecular flexibility index (Phi) is 4.66. The Morgan fingerprint density at radius 3 is 2.78 bits per heavy atom. The first-order chi connectivity index (χ1) is 8.69.